The Morgan fingerprint density at radius 1 is 0.816 bits per heavy atom. The predicted octanol–water partition coefficient (Wildman–Crippen LogP) is 0.164. The van der Waals surface area contributed by atoms with Gasteiger partial charge in [0, 0.05) is 41.0 Å². The summed E-state index contributed by atoms with van der Waals surface area (Å²) < 4.78 is 34.2. The molecular weight excluding hydrogens is 508 g/mol. The van der Waals surface area contributed by atoms with Crippen LogP contribution in [-0.2, 0) is 57.2 Å². The molecule has 0 radical (unpaired) electrons. The Morgan fingerprint density at radius 3 is 1.79 bits per heavy atom. The standard InChI is InChI=1S/C25H34O13/c1-11(26)33-10-24-19(35-13(3)28)16(34-12(2)27)9-23(8,32)25(24)20(36-14(4)29)17(22(6,7)38-25)18(31)21(24)37-15(5)30/h16-17,19-21,32H,9-10H2,1-8H3/t16-,17+,19-,20-,21+,23-,24-,25-/m0/s1. The van der Waals surface area contributed by atoms with Crippen LogP contribution < -0.4 is 0 Å². The number of ether oxygens (including phenoxy) is 6. The molecule has 1 N–H and O–H groups in total. The lowest BCUT2D eigenvalue weighted by Gasteiger charge is -2.65. The van der Waals surface area contributed by atoms with Crippen LogP contribution in [0.15, 0.2) is 0 Å². The number of fused-ring (bicyclic) bond motifs is 1. The Morgan fingerprint density at radius 2 is 1.32 bits per heavy atom. The van der Waals surface area contributed by atoms with Crippen molar-refractivity contribution in [3.8, 4) is 0 Å². The maximum absolute atomic E-state index is 14.2. The average Bonchev–Trinajstić information content (AvgIpc) is 2.93. The van der Waals surface area contributed by atoms with Crippen LogP contribution in [0, 0.1) is 11.3 Å². The summed E-state index contributed by atoms with van der Waals surface area (Å²) in [6.07, 6.45) is -6.83. The molecule has 212 valence electrons. The van der Waals surface area contributed by atoms with Gasteiger partial charge in [0.1, 0.15) is 24.2 Å². The second kappa shape index (κ2) is 9.60. The van der Waals surface area contributed by atoms with Gasteiger partial charge in [-0.1, -0.05) is 0 Å². The van der Waals surface area contributed by atoms with Crippen molar-refractivity contribution < 1.29 is 62.3 Å². The van der Waals surface area contributed by atoms with Crippen LogP contribution in [0.1, 0.15) is 61.8 Å². The molecule has 1 aliphatic heterocycles. The lowest BCUT2D eigenvalue weighted by atomic mass is 9.46. The topological polar surface area (TPSA) is 178 Å². The average molecular weight is 543 g/mol. The highest BCUT2D eigenvalue weighted by atomic mass is 16.6. The van der Waals surface area contributed by atoms with Crippen LogP contribution in [-0.4, -0.2) is 88.6 Å². The van der Waals surface area contributed by atoms with Crippen LogP contribution in [0.4, 0.5) is 0 Å². The smallest absolute Gasteiger partial charge is 0.303 e. The number of esters is 5. The monoisotopic (exact) mass is 542 g/mol. The van der Waals surface area contributed by atoms with Crippen molar-refractivity contribution in [1.29, 1.82) is 0 Å². The molecule has 2 aliphatic carbocycles. The van der Waals surface area contributed by atoms with E-state index in [1.54, 1.807) is 0 Å². The van der Waals surface area contributed by atoms with Gasteiger partial charge in [-0.2, -0.15) is 0 Å². The molecule has 1 heterocycles. The highest BCUT2D eigenvalue weighted by Crippen LogP contribution is 2.68. The Kier molecular flexibility index (Phi) is 7.45. The zero-order chi connectivity index (χ0) is 29.0. The van der Waals surface area contributed by atoms with Gasteiger partial charge in [0.15, 0.2) is 23.6 Å². The molecular formula is C25H34O13. The Bertz CT molecular complexity index is 1060. The van der Waals surface area contributed by atoms with Crippen LogP contribution in [0.5, 0.6) is 0 Å². The van der Waals surface area contributed by atoms with Gasteiger partial charge in [-0.05, 0) is 20.8 Å². The fourth-order valence-corrected chi connectivity index (χ4v) is 6.68. The molecule has 0 aromatic heterocycles. The maximum Gasteiger partial charge on any atom is 0.303 e. The summed E-state index contributed by atoms with van der Waals surface area (Å²) in [5, 5.41) is 12.1. The van der Waals surface area contributed by atoms with Crippen molar-refractivity contribution in [1.82, 2.24) is 0 Å². The molecule has 3 fully saturated rings. The van der Waals surface area contributed by atoms with Crippen LogP contribution in [0.2, 0.25) is 0 Å². The molecule has 2 bridgehead atoms. The third kappa shape index (κ3) is 4.35. The predicted molar refractivity (Wildman–Crippen MR) is 123 cm³/mol. The molecule has 13 heteroatoms. The van der Waals surface area contributed by atoms with Crippen molar-refractivity contribution in [2.75, 3.05) is 6.61 Å². The molecule has 0 unspecified atom stereocenters. The van der Waals surface area contributed by atoms with Gasteiger partial charge < -0.3 is 33.5 Å². The fourth-order valence-electron chi connectivity index (χ4n) is 6.68. The quantitative estimate of drug-likeness (QED) is 0.355. The summed E-state index contributed by atoms with van der Waals surface area (Å²) in [5.74, 6) is -6.30. The zero-order valence-electron chi connectivity index (χ0n) is 22.6. The molecule has 3 aliphatic rings. The van der Waals surface area contributed by atoms with Crippen LogP contribution >= 0.6 is 0 Å². The summed E-state index contributed by atoms with van der Waals surface area (Å²) in [6, 6.07) is 0. The van der Waals surface area contributed by atoms with Gasteiger partial charge in [0.2, 0.25) is 0 Å². The van der Waals surface area contributed by atoms with Crippen molar-refractivity contribution in [3.63, 3.8) is 0 Å². The van der Waals surface area contributed by atoms with E-state index >= 15 is 0 Å². The van der Waals surface area contributed by atoms with Crippen molar-refractivity contribution in [2.24, 2.45) is 11.3 Å². The third-order valence-corrected chi connectivity index (χ3v) is 7.55. The zero-order valence-corrected chi connectivity index (χ0v) is 22.6. The van der Waals surface area contributed by atoms with Gasteiger partial charge >= 0.3 is 29.8 Å². The first-order valence-electron chi connectivity index (χ1n) is 12.1. The van der Waals surface area contributed by atoms with E-state index in [0.717, 1.165) is 34.6 Å². The SMILES string of the molecule is CC(=O)OC[C@]12[C@H](OC(C)=O)C(=O)[C@@H]3[C@H](OC(C)=O)[C@]1(OC3(C)C)[C@@](C)(O)C[C@H](OC(C)=O)[C@@H]2OC(C)=O. The van der Waals surface area contributed by atoms with E-state index in [1.807, 2.05) is 0 Å². The number of carbonyl (C=O) groups excluding carboxylic acids is 6. The van der Waals surface area contributed by atoms with Crippen LogP contribution in [0.3, 0.4) is 0 Å². The minimum absolute atomic E-state index is 0.409. The van der Waals surface area contributed by atoms with E-state index in [4.69, 9.17) is 28.4 Å². The van der Waals surface area contributed by atoms with E-state index in [0.29, 0.717) is 0 Å². The molecule has 38 heavy (non-hydrogen) atoms. The van der Waals surface area contributed by atoms with Gasteiger partial charge in [-0.25, -0.2) is 0 Å². The minimum atomic E-state index is -2.24. The molecule has 13 nitrogen and oxygen atoms in total. The van der Waals surface area contributed by atoms with E-state index in [2.05, 4.69) is 0 Å². The maximum atomic E-state index is 14.2. The first-order chi connectivity index (χ1) is 17.3. The highest BCUT2D eigenvalue weighted by molar-refractivity contribution is 5.93. The number of carbonyl (C=O) groups is 6. The number of hydrogen-bond acceptors (Lipinski definition) is 13. The lowest BCUT2D eigenvalue weighted by Crippen LogP contribution is -2.85. The second-order valence-corrected chi connectivity index (χ2v) is 10.8. The number of aliphatic hydroxyl groups is 1. The van der Waals surface area contributed by atoms with Gasteiger partial charge in [-0.3, -0.25) is 28.8 Å². The van der Waals surface area contributed by atoms with Gasteiger partial charge in [-0.15, -0.1) is 0 Å². The van der Waals surface area contributed by atoms with E-state index in [-0.39, 0.29) is 0 Å². The number of rotatable bonds is 6. The first kappa shape index (κ1) is 29.5. The molecule has 1 spiro atoms. The summed E-state index contributed by atoms with van der Waals surface area (Å²) in [7, 11) is 0. The second-order valence-electron chi connectivity index (χ2n) is 10.8. The number of hydrogen-bond donors (Lipinski definition) is 1. The van der Waals surface area contributed by atoms with Crippen LogP contribution in [0.25, 0.3) is 0 Å². The summed E-state index contributed by atoms with van der Waals surface area (Å²) in [6.45, 7) is 8.92. The normalized spacial score (nSPS) is 38.9. The van der Waals surface area contributed by atoms with E-state index < -0.39 is 101 Å². The molecule has 3 rings (SSSR count). The first-order valence-corrected chi connectivity index (χ1v) is 12.1. The Balaban J connectivity index is 2.52. The minimum Gasteiger partial charge on any atom is -0.465 e. The molecule has 8 atom stereocenters. The van der Waals surface area contributed by atoms with Gasteiger partial charge in [0.05, 0.1) is 17.1 Å². The molecule has 0 amide bonds. The number of Topliss-reactive ketones (excluding diaryl/α,β-unsaturated/α-hetero) is 1. The van der Waals surface area contributed by atoms with Crippen molar-refractivity contribution >= 4 is 35.6 Å². The third-order valence-electron chi connectivity index (χ3n) is 7.55. The Hall–Kier alpha value is -3.06. The van der Waals surface area contributed by atoms with Crippen molar-refractivity contribution in [2.45, 2.75) is 103 Å². The highest BCUT2D eigenvalue weighted by Gasteiger charge is 2.88. The summed E-state index contributed by atoms with van der Waals surface area (Å²) >= 11 is 0. The molecule has 0 aromatic carbocycles. The summed E-state index contributed by atoms with van der Waals surface area (Å²) in [5.41, 5.74) is -7.93. The molecule has 2 saturated carbocycles. The molecule has 1 saturated heterocycles. The van der Waals surface area contributed by atoms with E-state index in [1.165, 1.54) is 20.8 Å². The Labute approximate surface area is 219 Å². The van der Waals surface area contributed by atoms with E-state index in [9.17, 15) is 33.9 Å². The molecule has 0 aromatic rings. The lowest BCUT2D eigenvalue weighted by molar-refractivity contribution is -0.351. The summed E-state index contributed by atoms with van der Waals surface area (Å²) in [4.78, 5) is 75.5. The number of ketones is 1. The largest absolute Gasteiger partial charge is 0.465 e. The van der Waals surface area contributed by atoms with Gasteiger partial charge in [0.25, 0.3) is 0 Å². The fraction of sp³-hybridized carbons (Fsp3) is 0.760. The van der Waals surface area contributed by atoms with Crippen molar-refractivity contribution in [3.05, 3.63) is 0 Å².